The molecule has 6 nitrogen and oxygen atoms in total. The summed E-state index contributed by atoms with van der Waals surface area (Å²) in [6.45, 7) is 15.1. The number of hydrogen-bond acceptors (Lipinski definition) is 5. The molecule has 0 bridgehead atoms. The molecule has 6 rings (SSSR count). The summed E-state index contributed by atoms with van der Waals surface area (Å²) < 4.78 is 26.1. The van der Waals surface area contributed by atoms with Gasteiger partial charge in [-0.05, 0) is 55.0 Å². The lowest BCUT2D eigenvalue weighted by atomic mass is 10.1. The fraction of sp³-hybridized carbons (Fsp3) is 0.237. The summed E-state index contributed by atoms with van der Waals surface area (Å²) in [6, 6.07) is 30.5. The topological polar surface area (TPSA) is 58.7 Å². The van der Waals surface area contributed by atoms with E-state index in [0.717, 1.165) is 50.1 Å². The van der Waals surface area contributed by atoms with Crippen molar-refractivity contribution in [1.82, 2.24) is 9.55 Å². The summed E-state index contributed by atoms with van der Waals surface area (Å²) in [5.74, 6) is 3.49. The van der Waals surface area contributed by atoms with Gasteiger partial charge in [-0.1, -0.05) is 88.9 Å². The van der Waals surface area contributed by atoms with Crippen molar-refractivity contribution in [2.24, 2.45) is 0 Å². The maximum atomic E-state index is 6.15. The third-order valence-corrected chi connectivity index (χ3v) is 6.96. The number of ether oxygens (including phenoxy) is 3. The Morgan fingerprint density at radius 3 is 2.27 bits per heavy atom. The van der Waals surface area contributed by atoms with Crippen LogP contribution >= 0.6 is 0 Å². The van der Waals surface area contributed by atoms with Crippen LogP contribution in [-0.4, -0.2) is 23.3 Å². The second-order valence-electron chi connectivity index (χ2n) is 9.52. The summed E-state index contributed by atoms with van der Waals surface area (Å²) >= 11 is 0. The smallest absolute Gasteiger partial charge is 0.226 e. The molecule has 0 saturated carbocycles. The van der Waals surface area contributed by atoms with E-state index in [9.17, 15) is 0 Å². The quantitative estimate of drug-likeness (QED) is 0.149. The van der Waals surface area contributed by atoms with Gasteiger partial charge in [0.2, 0.25) is 5.89 Å². The van der Waals surface area contributed by atoms with Crippen LogP contribution in [0.3, 0.4) is 0 Å². The van der Waals surface area contributed by atoms with Gasteiger partial charge < -0.3 is 23.2 Å². The Morgan fingerprint density at radius 1 is 0.795 bits per heavy atom. The Balaban J connectivity index is 0.00000106. The SMILES string of the molecule is C=CCOc1cccc2c1c1ccccc1n2Cc1ccc(OCc2nc(-c3ccccc3)oc2C)c(OC)c1.CC.CC. The van der Waals surface area contributed by atoms with E-state index in [2.05, 4.69) is 52.5 Å². The fourth-order valence-electron chi connectivity index (χ4n) is 5.03. The molecule has 0 aliphatic carbocycles. The lowest BCUT2D eigenvalue weighted by Gasteiger charge is -2.13. The zero-order valence-electron chi connectivity index (χ0n) is 26.6. The number of benzene rings is 4. The molecule has 44 heavy (non-hydrogen) atoms. The molecular weight excluding hydrogens is 548 g/mol. The van der Waals surface area contributed by atoms with E-state index >= 15 is 0 Å². The number of methoxy groups -OCH3 is 1. The van der Waals surface area contributed by atoms with Gasteiger partial charge in [0.1, 0.15) is 30.4 Å². The number of fused-ring (bicyclic) bond motifs is 3. The minimum atomic E-state index is 0.276. The number of hydrogen-bond donors (Lipinski definition) is 0. The fourth-order valence-corrected chi connectivity index (χ4v) is 5.03. The molecule has 0 unspecified atom stereocenters. The first kappa shape index (κ1) is 32.0. The van der Waals surface area contributed by atoms with E-state index in [1.807, 2.05) is 89.2 Å². The average Bonchev–Trinajstić information content (AvgIpc) is 3.62. The van der Waals surface area contributed by atoms with Gasteiger partial charge in [0.15, 0.2) is 11.5 Å². The molecule has 228 valence electrons. The van der Waals surface area contributed by atoms with Gasteiger partial charge in [0, 0.05) is 28.4 Å². The standard InChI is InChI=1S/C34H30N2O4.2C2H6/c1-4-19-38-31-16-10-15-29-33(31)26-13-8-9-14-28(26)36(29)21-24-17-18-30(32(20-24)37-3)39-22-27-23(2)40-34(35-27)25-11-6-5-7-12-25;2*1-2/h4-18,20H,1,19,21-22H2,2-3H3;2*1-2H3. The highest BCUT2D eigenvalue weighted by Crippen LogP contribution is 2.37. The van der Waals surface area contributed by atoms with Crippen LogP contribution < -0.4 is 14.2 Å². The van der Waals surface area contributed by atoms with Crippen molar-refractivity contribution < 1.29 is 18.6 Å². The predicted octanol–water partition coefficient (Wildman–Crippen LogP) is 10.0. The second kappa shape index (κ2) is 15.5. The Bertz CT molecular complexity index is 1800. The minimum Gasteiger partial charge on any atom is -0.493 e. The maximum absolute atomic E-state index is 6.15. The molecule has 0 fully saturated rings. The highest BCUT2D eigenvalue weighted by atomic mass is 16.5. The van der Waals surface area contributed by atoms with Crippen LogP contribution in [0.5, 0.6) is 17.2 Å². The second-order valence-corrected chi connectivity index (χ2v) is 9.52. The van der Waals surface area contributed by atoms with Gasteiger partial charge in [-0.15, -0.1) is 0 Å². The molecule has 0 radical (unpaired) electrons. The maximum Gasteiger partial charge on any atom is 0.226 e. The zero-order chi connectivity index (χ0) is 31.5. The van der Waals surface area contributed by atoms with Gasteiger partial charge in [-0.25, -0.2) is 4.98 Å². The first-order valence-electron chi connectivity index (χ1n) is 15.2. The molecule has 6 heteroatoms. The molecule has 0 saturated heterocycles. The van der Waals surface area contributed by atoms with Crippen molar-refractivity contribution in [3.63, 3.8) is 0 Å². The van der Waals surface area contributed by atoms with Gasteiger partial charge in [-0.2, -0.15) is 0 Å². The Morgan fingerprint density at radius 2 is 1.52 bits per heavy atom. The third-order valence-electron chi connectivity index (χ3n) is 6.96. The van der Waals surface area contributed by atoms with Gasteiger partial charge in [0.25, 0.3) is 0 Å². The normalized spacial score (nSPS) is 10.4. The summed E-state index contributed by atoms with van der Waals surface area (Å²) in [6.07, 6.45) is 1.76. The zero-order valence-corrected chi connectivity index (χ0v) is 26.6. The van der Waals surface area contributed by atoms with Gasteiger partial charge in [0.05, 0.1) is 12.6 Å². The first-order chi connectivity index (χ1) is 21.7. The van der Waals surface area contributed by atoms with Gasteiger partial charge in [-0.3, -0.25) is 0 Å². The van der Waals surface area contributed by atoms with E-state index in [1.54, 1.807) is 13.2 Å². The van der Waals surface area contributed by atoms with Crippen molar-refractivity contribution in [2.75, 3.05) is 13.7 Å². The Kier molecular flexibility index (Phi) is 11.2. The monoisotopic (exact) mass is 590 g/mol. The van der Waals surface area contributed by atoms with Crippen molar-refractivity contribution in [1.29, 1.82) is 0 Å². The summed E-state index contributed by atoms with van der Waals surface area (Å²) in [5.41, 5.74) is 5.03. The number of nitrogens with zero attached hydrogens (tertiary/aromatic N) is 2. The third kappa shape index (κ3) is 6.81. The molecular formula is C38H42N2O4. The molecule has 0 atom stereocenters. The Labute approximate surface area is 260 Å². The van der Waals surface area contributed by atoms with Crippen LogP contribution in [0.4, 0.5) is 0 Å². The van der Waals surface area contributed by atoms with Crippen molar-refractivity contribution >= 4 is 21.8 Å². The molecule has 6 aromatic rings. The van der Waals surface area contributed by atoms with Crippen LogP contribution in [0.2, 0.25) is 0 Å². The molecule has 4 aromatic carbocycles. The van der Waals surface area contributed by atoms with E-state index < -0.39 is 0 Å². The van der Waals surface area contributed by atoms with E-state index in [0.29, 0.717) is 30.5 Å². The number of aryl methyl sites for hydroxylation is 1. The average molecular weight is 591 g/mol. The molecule has 2 heterocycles. The molecule has 2 aromatic heterocycles. The lowest BCUT2D eigenvalue weighted by molar-refractivity contribution is 0.279. The van der Waals surface area contributed by atoms with Crippen LogP contribution in [0, 0.1) is 6.92 Å². The van der Waals surface area contributed by atoms with Crippen LogP contribution in [0.25, 0.3) is 33.3 Å². The highest BCUT2D eigenvalue weighted by Gasteiger charge is 2.17. The molecule has 0 amide bonds. The first-order valence-corrected chi connectivity index (χ1v) is 15.2. The summed E-state index contributed by atoms with van der Waals surface area (Å²) in [4.78, 5) is 4.65. The molecule has 0 spiro atoms. The van der Waals surface area contributed by atoms with Crippen molar-refractivity contribution in [3.8, 4) is 28.7 Å². The number of para-hydroxylation sites is 1. The molecule has 0 aliphatic heterocycles. The number of oxazole rings is 1. The van der Waals surface area contributed by atoms with Crippen molar-refractivity contribution in [3.05, 3.63) is 121 Å². The van der Waals surface area contributed by atoms with E-state index in [-0.39, 0.29) is 6.61 Å². The van der Waals surface area contributed by atoms with E-state index in [4.69, 9.17) is 18.6 Å². The Hall–Kier alpha value is -4.97. The minimum absolute atomic E-state index is 0.276. The number of aromatic nitrogens is 2. The summed E-state index contributed by atoms with van der Waals surface area (Å²) in [7, 11) is 1.66. The molecule has 0 aliphatic rings. The van der Waals surface area contributed by atoms with Crippen LogP contribution in [0.15, 0.2) is 108 Å². The van der Waals surface area contributed by atoms with Crippen LogP contribution in [-0.2, 0) is 13.2 Å². The number of rotatable bonds is 10. The summed E-state index contributed by atoms with van der Waals surface area (Å²) in [5, 5.41) is 2.26. The lowest BCUT2D eigenvalue weighted by Crippen LogP contribution is -2.02. The predicted molar refractivity (Wildman–Crippen MR) is 181 cm³/mol. The largest absolute Gasteiger partial charge is 0.493 e. The van der Waals surface area contributed by atoms with E-state index in [1.165, 1.54) is 0 Å². The van der Waals surface area contributed by atoms with Crippen LogP contribution in [0.1, 0.15) is 44.7 Å². The van der Waals surface area contributed by atoms with Crippen molar-refractivity contribution in [2.45, 2.75) is 47.8 Å². The van der Waals surface area contributed by atoms with Gasteiger partial charge >= 0.3 is 0 Å². The highest BCUT2D eigenvalue weighted by molar-refractivity contribution is 6.11. The molecule has 0 N–H and O–H groups in total.